The Morgan fingerprint density at radius 3 is 2.39 bits per heavy atom. The van der Waals surface area contributed by atoms with E-state index in [0.717, 1.165) is 16.7 Å². The maximum Gasteiger partial charge on any atom is 0.270 e. The highest BCUT2D eigenvalue weighted by Gasteiger charge is 2.11. The molecule has 0 fully saturated rings. The third kappa shape index (κ3) is 3.95. The lowest BCUT2D eigenvalue weighted by molar-refractivity contribution is -0.384. The highest BCUT2D eigenvalue weighted by molar-refractivity contribution is 7.11. The zero-order valence-corrected chi connectivity index (χ0v) is 15.4. The maximum atomic E-state index is 11.0. The highest BCUT2D eigenvalue weighted by atomic mass is 32.1. The normalized spacial score (nSPS) is 10.7. The number of nitro benzene ring substituents is 1. The zero-order chi connectivity index (χ0) is 19.3. The minimum absolute atomic E-state index is 0.0329. The molecule has 134 valence electrons. The summed E-state index contributed by atoms with van der Waals surface area (Å²) in [4.78, 5) is 15.0. The summed E-state index contributed by atoms with van der Waals surface area (Å²) in [5.74, 6) is 6.26. The van der Waals surface area contributed by atoms with Crippen LogP contribution in [0.2, 0.25) is 0 Å². The van der Waals surface area contributed by atoms with Gasteiger partial charge in [0, 0.05) is 34.9 Å². The molecule has 0 N–H and O–H groups in total. The van der Waals surface area contributed by atoms with E-state index < -0.39 is 4.92 Å². The molecule has 4 rings (SSSR count). The zero-order valence-electron chi connectivity index (χ0n) is 14.6. The van der Waals surface area contributed by atoms with Crippen molar-refractivity contribution in [3.63, 3.8) is 0 Å². The number of aromatic nitrogens is 1. The fourth-order valence-electron chi connectivity index (χ4n) is 2.57. The van der Waals surface area contributed by atoms with Gasteiger partial charge in [-0.2, -0.15) is 4.37 Å². The van der Waals surface area contributed by atoms with E-state index in [2.05, 4.69) is 21.2 Å². The molecule has 0 bridgehead atoms. The van der Waals surface area contributed by atoms with E-state index >= 15 is 0 Å². The number of aliphatic imine (C=N–C) groups is 1. The first-order valence-electron chi connectivity index (χ1n) is 8.44. The largest absolute Gasteiger partial charge is 0.270 e. The summed E-state index contributed by atoms with van der Waals surface area (Å²) in [6, 6.07) is 22.2. The Hall–Kier alpha value is -3.82. The summed E-state index contributed by atoms with van der Waals surface area (Å²) in [5, 5.41) is 12.3. The Labute approximate surface area is 165 Å². The summed E-state index contributed by atoms with van der Waals surface area (Å²) in [6.45, 7) is 0. The average Bonchev–Trinajstić information content (AvgIpc) is 3.14. The minimum Gasteiger partial charge on any atom is -0.258 e. The lowest BCUT2D eigenvalue weighted by Crippen LogP contribution is -1.86. The molecule has 0 spiro atoms. The van der Waals surface area contributed by atoms with E-state index in [1.165, 1.54) is 23.7 Å². The van der Waals surface area contributed by atoms with Crippen LogP contribution in [-0.4, -0.2) is 15.5 Å². The first kappa shape index (κ1) is 17.6. The molecule has 6 heteroatoms. The summed E-state index contributed by atoms with van der Waals surface area (Å²) >= 11 is 1.22. The van der Waals surface area contributed by atoms with E-state index in [1.54, 1.807) is 12.3 Å². The molecule has 0 amide bonds. The van der Waals surface area contributed by atoms with Crippen molar-refractivity contribution in [2.75, 3.05) is 0 Å². The predicted molar refractivity (Wildman–Crippen MR) is 112 cm³/mol. The van der Waals surface area contributed by atoms with Crippen LogP contribution in [-0.2, 0) is 0 Å². The Balaban J connectivity index is 1.54. The number of nitro groups is 1. The van der Waals surface area contributed by atoms with Gasteiger partial charge in [-0.15, -0.1) is 0 Å². The number of hydrogen-bond acceptors (Lipinski definition) is 5. The third-order valence-corrected chi connectivity index (χ3v) is 4.80. The van der Waals surface area contributed by atoms with Crippen molar-refractivity contribution in [2.24, 2.45) is 4.99 Å². The van der Waals surface area contributed by atoms with Gasteiger partial charge in [0.1, 0.15) is 5.00 Å². The summed E-state index contributed by atoms with van der Waals surface area (Å²) in [6.07, 6.45) is 1.72. The molecule has 3 aromatic carbocycles. The second-order valence-corrected chi connectivity index (χ2v) is 6.69. The Bertz CT molecular complexity index is 1230. The van der Waals surface area contributed by atoms with Gasteiger partial charge in [0.2, 0.25) is 0 Å². The molecule has 5 nitrogen and oxygen atoms in total. The van der Waals surface area contributed by atoms with Gasteiger partial charge in [0.15, 0.2) is 0 Å². The number of nitrogens with zero attached hydrogens (tertiary/aromatic N) is 3. The molecule has 0 saturated heterocycles. The van der Waals surface area contributed by atoms with Gasteiger partial charge >= 0.3 is 0 Å². The molecule has 0 aliphatic heterocycles. The van der Waals surface area contributed by atoms with Crippen molar-refractivity contribution in [3.05, 3.63) is 99.6 Å². The number of rotatable bonds is 3. The van der Waals surface area contributed by atoms with Crippen LogP contribution in [0.3, 0.4) is 0 Å². The quantitative estimate of drug-likeness (QED) is 0.207. The van der Waals surface area contributed by atoms with Crippen LogP contribution in [0, 0.1) is 22.0 Å². The number of non-ortho nitro benzene ring substituents is 1. The molecule has 0 atom stereocenters. The predicted octanol–water partition coefficient (Wildman–Crippen LogP) is 5.35. The van der Waals surface area contributed by atoms with E-state index in [1.807, 2.05) is 54.6 Å². The van der Waals surface area contributed by atoms with Crippen molar-refractivity contribution in [3.8, 4) is 11.8 Å². The van der Waals surface area contributed by atoms with Crippen molar-refractivity contribution >= 4 is 39.3 Å². The van der Waals surface area contributed by atoms with Crippen LogP contribution >= 0.6 is 11.5 Å². The summed E-state index contributed by atoms with van der Waals surface area (Å²) in [5.41, 5.74) is 3.54. The summed E-state index contributed by atoms with van der Waals surface area (Å²) < 4.78 is 4.29. The van der Waals surface area contributed by atoms with Gasteiger partial charge in [-0.05, 0) is 47.4 Å². The van der Waals surface area contributed by atoms with Crippen molar-refractivity contribution < 1.29 is 4.92 Å². The van der Waals surface area contributed by atoms with Crippen LogP contribution in [0.25, 0.3) is 10.9 Å². The van der Waals surface area contributed by atoms with Gasteiger partial charge in [-0.1, -0.05) is 42.2 Å². The Morgan fingerprint density at radius 2 is 1.68 bits per heavy atom. The molecule has 1 heterocycles. The fourth-order valence-corrected chi connectivity index (χ4v) is 3.28. The Morgan fingerprint density at radius 1 is 0.964 bits per heavy atom. The van der Waals surface area contributed by atoms with E-state index in [9.17, 15) is 10.1 Å². The summed E-state index contributed by atoms with van der Waals surface area (Å²) in [7, 11) is 0. The Kier molecular flexibility index (Phi) is 4.91. The SMILES string of the molecule is O=[N+]([O-])c1ccc2nsc(/N=C/c3ccc(C#Cc4ccccc4)cc3)c2c1. The van der Waals surface area contributed by atoms with E-state index in [0.29, 0.717) is 15.9 Å². The first-order chi connectivity index (χ1) is 13.7. The highest BCUT2D eigenvalue weighted by Crippen LogP contribution is 2.32. The van der Waals surface area contributed by atoms with Crippen LogP contribution < -0.4 is 0 Å². The molecule has 0 radical (unpaired) electrons. The molecule has 0 unspecified atom stereocenters. The van der Waals surface area contributed by atoms with Gasteiger partial charge in [0.25, 0.3) is 5.69 Å². The molecule has 0 saturated carbocycles. The third-order valence-electron chi connectivity index (χ3n) is 4.02. The van der Waals surface area contributed by atoms with Crippen molar-refractivity contribution in [2.45, 2.75) is 0 Å². The van der Waals surface area contributed by atoms with E-state index in [-0.39, 0.29) is 5.69 Å². The van der Waals surface area contributed by atoms with Crippen molar-refractivity contribution in [1.29, 1.82) is 0 Å². The van der Waals surface area contributed by atoms with Crippen molar-refractivity contribution in [1.82, 2.24) is 4.37 Å². The molecule has 0 aliphatic rings. The van der Waals surface area contributed by atoms with Gasteiger partial charge in [0.05, 0.1) is 10.4 Å². The second kappa shape index (κ2) is 7.82. The smallest absolute Gasteiger partial charge is 0.258 e. The lowest BCUT2D eigenvalue weighted by Gasteiger charge is -1.95. The molecular weight excluding hydrogens is 370 g/mol. The maximum absolute atomic E-state index is 11.0. The fraction of sp³-hybridized carbons (Fsp3) is 0. The first-order valence-corrected chi connectivity index (χ1v) is 9.21. The van der Waals surface area contributed by atoms with Gasteiger partial charge in [-0.3, -0.25) is 10.1 Å². The van der Waals surface area contributed by atoms with Crippen LogP contribution in [0.15, 0.2) is 77.8 Å². The van der Waals surface area contributed by atoms with Crippen LogP contribution in [0.4, 0.5) is 10.7 Å². The average molecular weight is 383 g/mol. The van der Waals surface area contributed by atoms with Crippen LogP contribution in [0.1, 0.15) is 16.7 Å². The number of hydrogen-bond donors (Lipinski definition) is 0. The second-order valence-electron chi connectivity index (χ2n) is 5.94. The lowest BCUT2D eigenvalue weighted by atomic mass is 10.1. The monoisotopic (exact) mass is 383 g/mol. The molecular formula is C22H13N3O2S. The molecule has 0 aliphatic carbocycles. The standard InChI is InChI=1S/C22H13N3O2S/c26-25(27)19-12-13-21-20(14-19)22(28-24-21)23-15-18-10-8-17(9-11-18)7-6-16-4-2-1-3-5-16/h1-5,8-15H/b23-15+. The molecule has 1 aromatic heterocycles. The molecule has 4 aromatic rings. The minimum atomic E-state index is -0.417. The van der Waals surface area contributed by atoms with E-state index in [4.69, 9.17) is 0 Å². The number of benzene rings is 3. The number of fused-ring (bicyclic) bond motifs is 1. The molecule has 28 heavy (non-hydrogen) atoms. The van der Waals surface area contributed by atoms with Crippen LogP contribution in [0.5, 0.6) is 0 Å². The topological polar surface area (TPSA) is 68.4 Å². The van der Waals surface area contributed by atoms with Gasteiger partial charge in [-0.25, -0.2) is 4.99 Å². The van der Waals surface area contributed by atoms with Gasteiger partial charge < -0.3 is 0 Å².